The monoisotopic (exact) mass is 261 g/mol. The normalized spacial score (nSPS) is 10.9. The summed E-state index contributed by atoms with van der Waals surface area (Å²) in [5.74, 6) is -2.31. The molecule has 17 heavy (non-hydrogen) atoms. The fourth-order valence-electron chi connectivity index (χ4n) is 1.21. The minimum atomic E-state index is -3.81. The number of hydrogen-bond donors (Lipinski definition) is 0. The first kappa shape index (κ1) is 13.4. The van der Waals surface area contributed by atoms with E-state index in [1.165, 1.54) is 0 Å². The first-order valence-electron chi connectivity index (χ1n) is 4.66. The molecule has 0 spiro atoms. The predicted molar refractivity (Wildman–Crippen MR) is 57.0 cm³/mol. The van der Waals surface area contributed by atoms with Gasteiger partial charge in [-0.3, -0.25) is 0 Å². The third kappa shape index (κ3) is 3.69. The van der Waals surface area contributed by atoms with Gasteiger partial charge in [-0.25, -0.2) is 17.2 Å². The highest BCUT2D eigenvalue weighted by Crippen LogP contribution is 2.17. The zero-order valence-electron chi connectivity index (χ0n) is 8.68. The summed E-state index contributed by atoms with van der Waals surface area (Å²) in [4.78, 5) is 1.92. The van der Waals surface area contributed by atoms with Crippen molar-refractivity contribution in [2.45, 2.75) is 11.3 Å². The van der Waals surface area contributed by atoms with Crippen LogP contribution in [-0.4, -0.2) is 20.7 Å². The van der Waals surface area contributed by atoms with Gasteiger partial charge in [0.05, 0.1) is 5.75 Å². The van der Waals surface area contributed by atoms with Crippen LogP contribution in [0.3, 0.4) is 0 Å². The predicted octanol–water partition coefficient (Wildman–Crippen LogP) is 2.44. The average Bonchev–Trinajstić information content (AvgIpc) is 2.24. The Balaban J connectivity index is 2.86. The van der Waals surface area contributed by atoms with E-state index >= 15 is 0 Å². The topological polar surface area (TPSA) is 82.9 Å². The van der Waals surface area contributed by atoms with Crippen molar-refractivity contribution in [2.75, 3.05) is 12.3 Å². The molecule has 0 fully saturated rings. The average molecular weight is 261 g/mol. The number of nitrogens with zero attached hydrogens (tertiary/aromatic N) is 3. The summed E-state index contributed by atoms with van der Waals surface area (Å²) in [6.45, 7) is 0.0124. The van der Waals surface area contributed by atoms with E-state index in [1.807, 2.05) is 0 Å². The molecule has 1 aromatic carbocycles. The second kappa shape index (κ2) is 5.60. The van der Waals surface area contributed by atoms with Crippen LogP contribution in [0.1, 0.15) is 6.42 Å². The number of sulfone groups is 1. The van der Waals surface area contributed by atoms with Crippen LogP contribution in [0.4, 0.5) is 8.78 Å². The fourth-order valence-corrected chi connectivity index (χ4v) is 2.57. The van der Waals surface area contributed by atoms with E-state index in [9.17, 15) is 17.2 Å². The van der Waals surface area contributed by atoms with Gasteiger partial charge in [-0.15, -0.1) is 0 Å². The Morgan fingerprint density at radius 3 is 2.65 bits per heavy atom. The smallest absolute Gasteiger partial charge is 0.181 e. The van der Waals surface area contributed by atoms with E-state index in [1.54, 1.807) is 0 Å². The van der Waals surface area contributed by atoms with E-state index in [-0.39, 0.29) is 18.7 Å². The van der Waals surface area contributed by atoms with E-state index < -0.39 is 26.4 Å². The van der Waals surface area contributed by atoms with Gasteiger partial charge >= 0.3 is 0 Å². The third-order valence-corrected chi connectivity index (χ3v) is 3.79. The molecule has 0 aliphatic carbocycles. The van der Waals surface area contributed by atoms with Crippen molar-refractivity contribution < 1.29 is 17.2 Å². The molecule has 0 amide bonds. The van der Waals surface area contributed by atoms with Crippen LogP contribution in [0.2, 0.25) is 0 Å². The number of rotatable bonds is 5. The Bertz CT molecular complexity index is 553. The van der Waals surface area contributed by atoms with Crippen LogP contribution in [0.15, 0.2) is 28.2 Å². The lowest BCUT2D eigenvalue weighted by Gasteiger charge is -2.04. The van der Waals surface area contributed by atoms with Gasteiger partial charge in [0.1, 0.15) is 16.5 Å². The van der Waals surface area contributed by atoms with E-state index in [0.717, 1.165) is 12.1 Å². The summed E-state index contributed by atoms with van der Waals surface area (Å²) in [6.07, 6.45) is 0.0865. The highest BCUT2D eigenvalue weighted by Gasteiger charge is 2.18. The van der Waals surface area contributed by atoms with Crippen LogP contribution in [0, 0.1) is 11.6 Å². The zero-order chi connectivity index (χ0) is 12.9. The highest BCUT2D eigenvalue weighted by molar-refractivity contribution is 7.91. The maximum atomic E-state index is 13.2. The van der Waals surface area contributed by atoms with Crippen molar-refractivity contribution >= 4 is 9.84 Å². The molecule has 5 nitrogen and oxygen atoms in total. The Labute approximate surface area is 96.6 Å². The standard InChI is InChI=1S/C9H9F2N3O2S/c10-7-2-3-9(8(11)6-7)17(15,16)5-1-4-13-14-12/h2-3,6H,1,4-5H2. The second-order valence-electron chi connectivity index (χ2n) is 3.20. The molecule has 0 saturated heterocycles. The maximum Gasteiger partial charge on any atom is 0.181 e. The molecule has 1 aromatic rings. The maximum absolute atomic E-state index is 13.2. The van der Waals surface area contributed by atoms with Crippen LogP contribution < -0.4 is 0 Å². The van der Waals surface area contributed by atoms with Gasteiger partial charge in [-0.05, 0) is 24.1 Å². The molecule has 0 heterocycles. The van der Waals surface area contributed by atoms with E-state index in [2.05, 4.69) is 10.0 Å². The summed E-state index contributed by atoms with van der Waals surface area (Å²) in [5.41, 5.74) is 7.99. The molecule has 0 aromatic heterocycles. The number of benzene rings is 1. The minimum Gasteiger partial charge on any atom is -0.224 e. The van der Waals surface area contributed by atoms with Gasteiger partial charge in [0.2, 0.25) is 0 Å². The first-order valence-corrected chi connectivity index (χ1v) is 6.31. The van der Waals surface area contributed by atoms with Gasteiger partial charge < -0.3 is 0 Å². The minimum absolute atomic E-state index is 0.0124. The number of halogens is 2. The molecular formula is C9H9F2N3O2S. The zero-order valence-corrected chi connectivity index (χ0v) is 9.49. The summed E-state index contributed by atoms with van der Waals surface area (Å²) in [5, 5.41) is 3.17. The molecule has 0 aliphatic heterocycles. The summed E-state index contributed by atoms with van der Waals surface area (Å²) in [7, 11) is -3.81. The quantitative estimate of drug-likeness (QED) is 0.268. The summed E-state index contributed by atoms with van der Waals surface area (Å²) < 4.78 is 49.1. The molecule has 0 radical (unpaired) electrons. The van der Waals surface area contributed by atoms with Crippen molar-refractivity contribution in [1.82, 2.24) is 0 Å². The molecular weight excluding hydrogens is 252 g/mol. The van der Waals surface area contributed by atoms with Gasteiger partial charge in [0.25, 0.3) is 0 Å². The third-order valence-electron chi connectivity index (χ3n) is 1.96. The highest BCUT2D eigenvalue weighted by atomic mass is 32.2. The molecule has 0 N–H and O–H groups in total. The lowest BCUT2D eigenvalue weighted by Crippen LogP contribution is -2.10. The van der Waals surface area contributed by atoms with E-state index in [4.69, 9.17) is 5.53 Å². The number of azide groups is 1. The Morgan fingerprint density at radius 2 is 2.06 bits per heavy atom. The molecule has 0 aliphatic rings. The van der Waals surface area contributed by atoms with Gasteiger partial charge in [-0.1, -0.05) is 5.11 Å². The molecule has 0 saturated carbocycles. The fraction of sp³-hybridized carbons (Fsp3) is 0.333. The number of hydrogen-bond acceptors (Lipinski definition) is 3. The van der Waals surface area contributed by atoms with Crippen molar-refractivity contribution in [3.8, 4) is 0 Å². The lowest BCUT2D eigenvalue weighted by atomic mass is 10.3. The van der Waals surface area contributed by atoms with Gasteiger partial charge in [0, 0.05) is 17.5 Å². The Morgan fingerprint density at radius 1 is 1.35 bits per heavy atom. The summed E-state index contributed by atoms with van der Waals surface area (Å²) in [6, 6.07) is 2.28. The van der Waals surface area contributed by atoms with Crippen molar-refractivity contribution in [1.29, 1.82) is 0 Å². The van der Waals surface area contributed by atoms with Crippen LogP contribution >= 0.6 is 0 Å². The SMILES string of the molecule is [N-]=[N+]=NCCCS(=O)(=O)c1ccc(F)cc1F. The first-order chi connectivity index (χ1) is 7.97. The van der Waals surface area contributed by atoms with E-state index in [0.29, 0.717) is 6.07 Å². The molecule has 92 valence electrons. The van der Waals surface area contributed by atoms with Crippen molar-refractivity contribution in [2.24, 2.45) is 5.11 Å². The van der Waals surface area contributed by atoms with Crippen molar-refractivity contribution in [3.05, 3.63) is 40.3 Å². The molecule has 0 unspecified atom stereocenters. The molecule has 1 rings (SSSR count). The van der Waals surface area contributed by atoms with Crippen LogP contribution in [0.25, 0.3) is 10.4 Å². The lowest BCUT2D eigenvalue weighted by molar-refractivity contribution is 0.548. The Hall–Kier alpha value is -1.66. The largest absolute Gasteiger partial charge is 0.224 e. The van der Waals surface area contributed by atoms with Crippen LogP contribution in [-0.2, 0) is 9.84 Å². The summed E-state index contributed by atoms with van der Waals surface area (Å²) >= 11 is 0. The second-order valence-corrected chi connectivity index (χ2v) is 5.28. The molecule has 8 heteroatoms. The Kier molecular flexibility index (Phi) is 4.42. The van der Waals surface area contributed by atoms with Crippen molar-refractivity contribution in [3.63, 3.8) is 0 Å². The van der Waals surface area contributed by atoms with Crippen LogP contribution in [0.5, 0.6) is 0 Å². The van der Waals surface area contributed by atoms with Gasteiger partial charge in [0.15, 0.2) is 9.84 Å². The molecule has 0 bridgehead atoms. The van der Waals surface area contributed by atoms with Gasteiger partial charge in [-0.2, -0.15) is 0 Å². The molecule has 0 atom stereocenters.